The Balaban J connectivity index is 2.36. The summed E-state index contributed by atoms with van der Waals surface area (Å²) in [6.45, 7) is 0. The van der Waals surface area contributed by atoms with Crippen molar-refractivity contribution in [1.29, 1.82) is 0 Å². The Morgan fingerprint density at radius 3 is 2.16 bits per heavy atom. The molecule has 19 heavy (non-hydrogen) atoms. The van der Waals surface area contributed by atoms with Crippen LogP contribution in [0.5, 0.6) is 5.75 Å². The second-order valence-corrected chi connectivity index (χ2v) is 6.37. The fraction of sp³-hybridized carbons (Fsp3) is 0.154. The van der Waals surface area contributed by atoms with Crippen molar-refractivity contribution in [3.05, 3.63) is 42.6 Å². The third-order valence-electron chi connectivity index (χ3n) is 2.68. The maximum absolute atomic E-state index is 11.9. The van der Waals surface area contributed by atoms with Crippen molar-refractivity contribution in [1.82, 2.24) is 9.29 Å². The Hall–Kier alpha value is -1.92. The highest BCUT2D eigenvalue weighted by Crippen LogP contribution is 2.21. The molecule has 0 aliphatic rings. The van der Waals surface area contributed by atoms with Gasteiger partial charge < -0.3 is 5.11 Å². The molecule has 0 fully saturated rings. The molecule has 0 atom stereocenters. The van der Waals surface area contributed by atoms with E-state index in [1.807, 2.05) is 0 Å². The molecule has 0 saturated heterocycles. The lowest BCUT2D eigenvalue weighted by atomic mass is 10.1. The molecule has 0 unspecified atom stereocenters. The molecule has 0 amide bonds. The van der Waals surface area contributed by atoms with E-state index in [9.17, 15) is 8.42 Å². The van der Waals surface area contributed by atoms with E-state index in [2.05, 4.69) is 4.98 Å². The Labute approximate surface area is 112 Å². The zero-order chi connectivity index (χ0) is 14.0. The molecule has 0 saturated carbocycles. The monoisotopic (exact) mass is 278 g/mol. The molecule has 100 valence electrons. The van der Waals surface area contributed by atoms with Crippen LogP contribution < -0.4 is 0 Å². The summed E-state index contributed by atoms with van der Waals surface area (Å²) in [5.41, 5.74) is 1.46. The highest BCUT2D eigenvalue weighted by molar-refractivity contribution is 7.89. The molecule has 2 aromatic rings. The second kappa shape index (κ2) is 4.99. The number of aromatic hydroxyl groups is 1. The molecule has 0 aliphatic carbocycles. The third-order valence-corrected chi connectivity index (χ3v) is 4.51. The quantitative estimate of drug-likeness (QED) is 0.927. The van der Waals surface area contributed by atoms with Gasteiger partial charge >= 0.3 is 0 Å². The van der Waals surface area contributed by atoms with E-state index in [4.69, 9.17) is 5.11 Å². The highest BCUT2D eigenvalue weighted by atomic mass is 32.2. The SMILES string of the molecule is CN(C)S(=O)(=O)c1ccc(-c2ccc(O)cn2)cc1. The van der Waals surface area contributed by atoms with Gasteiger partial charge in [-0.15, -0.1) is 0 Å². The molecular formula is C13H14N2O3S. The fourth-order valence-corrected chi connectivity index (χ4v) is 2.47. The van der Waals surface area contributed by atoms with Gasteiger partial charge in [-0.05, 0) is 24.3 Å². The van der Waals surface area contributed by atoms with E-state index in [0.717, 1.165) is 5.56 Å². The number of nitrogens with zero attached hydrogens (tertiary/aromatic N) is 2. The molecule has 6 heteroatoms. The second-order valence-electron chi connectivity index (χ2n) is 4.21. The molecule has 0 spiro atoms. The van der Waals surface area contributed by atoms with E-state index in [0.29, 0.717) is 5.69 Å². The van der Waals surface area contributed by atoms with Crippen molar-refractivity contribution in [2.75, 3.05) is 14.1 Å². The van der Waals surface area contributed by atoms with Gasteiger partial charge in [-0.2, -0.15) is 0 Å². The predicted molar refractivity (Wildman–Crippen MR) is 72.2 cm³/mol. The van der Waals surface area contributed by atoms with Gasteiger partial charge in [0.05, 0.1) is 16.8 Å². The summed E-state index contributed by atoms with van der Waals surface area (Å²) in [7, 11) is -0.428. The summed E-state index contributed by atoms with van der Waals surface area (Å²) >= 11 is 0. The van der Waals surface area contributed by atoms with Crippen molar-refractivity contribution in [3.63, 3.8) is 0 Å². The van der Waals surface area contributed by atoms with Gasteiger partial charge in [-0.1, -0.05) is 12.1 Å². The van der Waals surface area contributed by atoms with Crippen molar-refractivity contribution in [2.45, 2.75) is 4.90 Å². The van der Waals surface area contributed by atoms with Crippen LogP contribution in [0.4, 0.5) is 0 Å². The fourth-order valence-electron chi connectivity index (χ4n) is 1.57. The zero-order valence-electron chi connectivity index (χ0n) is 10.6. The van der Waals surface area contributed by atoms with E-state index < -0.39 is 10.0 Å². The van der Waals surface area contributed by atoms with E-state index in [-0.39, 0.29) is 10.6 Å². The summed E-state index contributed by atoms with van der Waals surface area (Å²) in [4.78, 5) is 4.30. The minimum Gasteiger partial charge on any atom is -0.506 e. The van der Waals surface area contributed by atoms with Crippen LogP contribution in [0.15, 0.2) is 47.5 Å². The minimum absolute atomic E-state index is 0.0931. The molecule has 5 nitrogen and oxygen atoms in total. The van der Waals surface area contributed by atoms with E-state index >= 15 is 0 Å². The molecule has 1 N–H and O–H groups in total. The molecule has 0 bridgehead atoms. The average molecular weight is 278 g/mol. The average Bonchev–Trinajstić information content (AvgIpc) is 2.39. The molecule has 0 aliphatic heterocycles. The molecular weight excluding hydrogens is 264 g/mol. The number of hydrogen-bond acceptors (Lipinski definition) is 4. The van der Waals surface area contributed by atoms with Crippen LogP contribution in [-0.2, 0) is 10.0 Å². The van der Waals surface area contributed by atoms with Crippen molar-refractivity contribution in [3.8, 4) is 17.0 Å². The van der Waals surface area contributed by atoms with Gasteiger partial charge in [0.2, 0.25) is 10.0 Å². The molecule has 1 aromatic heterocycles. The molecule has 0 radical (unpaired) electrons. The summed E-state index contributed by atoms with van der Waals surface area (Å²) in [5.74, 6) is 0.0931. The highest BCUT2D eigenvalue weighted by Gasteiger charge is 2.16. The van der Waals surface area contributed by atoms with Gasteiger partial charge in [0, 0.05) is 19.7 Å². The van der Waals surface area contributed by atoms with Gasteiger partial charge in [0.25, 0.3) is 0 Å². The standard InChI is InChI=1S/C13H14N2O3S/c1-15(2)19(17,18)12-6-3-10(4-7-12)13-8-5-11(16)9-14-13/h3-9,16H,1-2H3. The lowest BCUT2D eigenvalue weighted by molar-refractivity contribution is 0.473. The first kappa shape index (κ1) is 13.5. The Kier molecular flexibility index (Phi) is 3.55. The Bertz CT molecular complexity index is 662. The predicted octanol–water partition coefficient (Wildman–Crippen LogP) is 1.70. The first-order chi connectivity index (χ1) is 8.91. The van der Waals surface area contributed by atoms with Crippen LogP contribution in [0.1, 0.15) is 0 Å². The molecule has 1 aromatic carbocycles. The Morgan fingerprint density at radius 1 is 1.05 bits per heavy atom. The van der Waals surface area contributed by atoms with Gasteiger partial charge in [-0.25, -0.2) is 12.7 Å². The summed E-state index contributed by atoms with van der Waals surface area (Å²) in [6, 6.07) is 9.67. The summed E-state index contributed by atoms with van der Waals surface area (Å²) < 4.78 is 25.0. The lowest BCUT2D eigenvalue weighted by Gasteiger charge is -2.11. The number of sulfonamides is 1. The Morgan fingerprint density at radius 2 is 1.68 bits per heavy atom. The zero-order valence-corrected chi connectivity index (χ0v) is 11.4. The van der Waals surface area contributed by atoms with Crippen LogP contribution >= 0.6 is 0 Å². The maximum Gasteiger partial charge on any atom is 0.242 e. The number of pyridine rings is 1. The van der Waals surface area contributed by atoms with Crippen LogP contribution in [0.3, 0.4) is 0 Å². The normalized spacial score (nSPS) is 11.7. The number of hydrogen-bond donors (Lipinski definition) is 1. The van der Waals surface area contributed by atoms with Gasteiger partial charge in [0.15, 0.2) is 0 Å². The topological polar surface area (TPSA) is 70.5 Å². The molecule has 1 heterocycles. The van der Waals surface area contributed by atoms with Crippen LogP contribution in [-0.4, -0.2) is 36.9 Å². The minimum atomic E-state index is -3.41. The maximum atomic E-state index is 11.9. The van der Waals surface area contributed by atoms with Crippen molar-refractivity contribution < 1.29 is 13.5 Å². The molecule has 2 rings (SSSR count). The van der Waals surface area contributed by atoms with Crippen molar-refractivity contribution in [2.24, 2.45) is 0 Å². The number of rotatable bonds is 3. The van der Waals surface area contributed by atoms with Crippen LogP contribution in [0.25, 0.3) is 11.3 Å². The number of aromatic nitrogens is 1. The van der Waals surface area contributed by atoms with Crippen LogP contribution in [0.2, 0.25) is 0 Å². The largest absolute Gasteiger partial charge is 0.506 e. The summed E-state index contributed by atoms with van der Waals surface area (Å²) in [6.07, 6.45) is 1.35. The van der Waals surface area contributed by atoms with E-state index in [1.165, 1.54) is 30.7 Å². The first-order valence-corrected chi connectivity index (χ1v) is 7.03. The number of benzene rings is 1. The first-order valence-electron chi connectivity index (χ1n) is 5.59. The van der Waals surface area contributed by atoms with E-state index in [1.54, 1.807) is 30.3 Å². The summed E-state index contributed by atoms with van der Waals surface area (Å²) in [5, 5.41) is 9.17. The van der Waals surface area contributed by atoms with Gasteiger partial charge in [0.1, 0.15) is 5.75 Å². The lowest BCUT2D eigenvalue weighted by Crippen LogP contribution is -2.22. The smallest absolute Gasteiger partial charge is 0.242 e. The van der Waals surface area contributed by atoms with Crippen LogP contribution in [0, 0.1) is 0 Å². The van der Waals surface area contributed by atoms with Gasteiger partial charge in [-0.3, -0.25) is 4.98 Å². The third kappa shape index (κ3) is 2.74. The van der Waals surface area contributed by atoms with Crippen molar-refractivity contribution >= 4 is 10.0 Å².